The Morgan fingerprint density at radius 3 is 2.55 bits per heavy atom. The summed E-state index contributed by atoms with van der Waals surface area (Å²) in [5.41, 5.74) is 8.18. The quantitative estimate of drug-likeness (QED) is 0.346. The second kappa shape index (κ2) is 10.4. The van der Waals surface area contributed by atoms with E-state index < -0.39 is 0 Å². The SMILES string of the molecule is CC[C@H]1OC[C@@H](n2cnc3c(N)ncnc32)[C@@H]1OCSCc1c(OC)cc(OC)cc1OC. The topological polar surface area (TPSA) is 116 Å². The Balaban J connectivity index is 1.46. The van der Waals surface area contributed by atoms with Crippen LogP contribution in [0.5, 0.6) is 17.2 Å². The summed E-state index contributed by atoms with van der Waals surface area (Å²) < 4.78 is 30.8. The highest BCUT2D eigenvalue weighted by atomic mass is 32.2. The molecular formula is C22H29N5O5S. The van der Waals surface area contributed by atoms with Gasteiger partial charge < -0.3 is 34.0 Å². The zero-order valence-corrected chi connectivity index (χ0v) is 20.0. The zero-order chi connectivity index (χ0) is 23.4. The van der Waals surface area contributed by atoms with Crippen LogP contribution >= 0.6 is 11.8 Å². The number of ether oxygens (including phenoxy) is 5. The molecule has 2 N–H and O–H groups in total. The van der Waals surface area contributed by atoms with Crippen molar-refractivity contribution in [1.82, 2.24) is 19.5 Å². The molecule has 4 rings (SSSR count). The largest absolute Gasteiger partial charge is 0.496 e. The van der Waals surface area contributed by atoms with E-state index >= 15 is 0 Å². The summed E-state index contributed by atoms with van der Waals surface area (Å²) >= 11 is 1.63. The van der Waals surface area contributed by atoms with Gasteiger partial charge in [0.2, 0.25) is 0 Å². The number of hydrogen-bond acceptors (Lipinski definition) is 10. The van der Waals surface area contributed by atoms with Crippen molar-refractivity contribution < 1.29 is 23.7 Å². The molecule has 0 radical (unpaired) electrons. The molecule has 3 heterocycles. The average Bonchev–Trinajstić information content (AvgIpc) is 3.45. The Morgan fingerprint density at radius 2 is 1.88 bits per heavy atom. The van der Waals surface area contributed by atoms with Crippen molar-refractivity contribution in [2.75, 3.05) is 39.6 Å². The number of methoxy groups -OCH3 is 3. The molecule has 0 bridgehead atoms. The number of nitrogens with zero attached hydrogens (tertiary/aromatic N) is 4. The Bertz CT molecular complexity index is 1070. The van der Waals surface area contributed by atoms with Crippen molar-refractivity contribution in [2.45, 2.75) is 37.3 Å². The Morgan fingerprint density at radius 1 is 1.12 bits per heavy atom. The minimum absolute atomic E-state index is 0.0164. The van der Waals surface area contributed by atoms with Crippen molar-refractivity contribution in [3.05, 3.63) is 30.4 Å². The highest BCUT2D eigenvalue weighted by molar-refractivity contribution is 7.98. The Hall–Kier alpha value is -2.76. The van der Waals surface area contributed by atoms with Gasteiger partial charge in [0.05, 0.1) is 52.3 Å². The van der Waals surface area contributed by atoms with E-state index in [0.29, 0.717) is 41.0 Å². The average molecular weight is 476 g/mol. The van der Waals surface area contributed by atoms with E-state index in [1.807, 2.05) is 16.7 Å². The molecule has 0 saturated carbocycles. The first-order valence-corrected chi connectivity index (χ1v) is 11.8. The van der Waals surface area contributed by atoms with Gasteiger partial charge >= 0.3 is 0 Å². The third kappa shape index (κ3) is 4.66. The smallest absolute Gasteiger partial charge is 0.165 e. The van der Waals surface area contributed by atoms with Gasteiger partial charge in [0.15, 0.2) is 11.5 Å². The van der Waals surface area contributed by atoms with E-state index in [4.69, 9.17) is 29.4 Å². The van der Waals surface area contributed by atoms with Gasteiger partial charge in [-0.1, -0.05) is 6.92 Å². The number of anilines is 1. The van der Waals surface area contributed by atoms with Gasteiger partial charge in [-0.15, -0.1) is 11.8 Å². The lowest BCUT2D eigenvalue weighted by Gasteiger charge is -2.23. The highest BCUT2D eigenvalue weighted by Gasteiger charge is 2.39. The second-order valence-corrected chi connectivity index (χ2v) is 8.47. The molecule has 0 spiro atoms. The number of thioether (sulfide) groups is 1. The van der Waals surface area contributed by atoms with Gasteiger partial charge in [-0.2, -0.15) is 0 Å². The molecule has 1 saturated heterocycles. The van der Waals surface area contributed by atoms with E-state index in [-0.39, 0.29) is 18.2 Å². The number of benzene rings is 1. The predicted molar refractivity (Wildman–Crippen MR) is 126 cm³/mol. The minimum atomic E-state index is -0.143. The standard InChI is InChI=1S/C22H29N5O5S/c1-5-16-20(15(8-31-16)27-11-26-19-21(23)24-10-25-22(19)27)32-12-33-9-14-17(29-3)6-13(28-2)7-18(14)30-4/h6-7,10-11,15-16,20H,5,8-9,12H2,1-4H3,(H2,23,24,25)/t15-,16-,20+/m1/s1. The molecule has 0 aliphatic carbocycles. The van der Waals surface area contributed by atoms with Crippen LogP contribution in [-0.2, 0) is 15.2 Å². The number of rotatable bonds is 10. The number of nitrogen functional groups attached to an aromatic ring is 1. The van der Waals surface area contributed by atoms with Crippen LogP contribution in [0, 0.1) is 0 Å². The van der Waals surface area contributed by atoms with Crippen molar-refractivity contribution >= 4 is 28.7 Å². The first-order chi connectivity index (χ1) is 16.1. The van der Waals surface area contributed by atoms with Crippen LogP contribution in [0.4, 0.5) is 5.82 Å². The summed E-state index contributed by atoms with van der Waals surface area (Å²) in [7, 11) is 4.89. The van der Waals surface area contributed by atoms with Crippen molar-refractivity contribution in [2.24, 2.45) is 0 Å². The van der Waals surface area contributed by atoms with Crippen LogP contribution in [0.1, 0.15) is 24.9 Å². The van der Waals surface area contributed by atoms with E-state index in [0.717, 1.165) is 23.5 Å². The van der Waals surface area contributed by atoms with Gasteiger partial charge in [-0.25, -0.2) is 15.0 Å². The molecule has 3 atom stereocenters. The van der Waals surface area contributed by atoms with Gasteiger partial charge in [0.1, 0.15) is 35.2 Å². The second-order valence-electron chi connectivity index (χ2n) is 7.54. The summed E-state index contributed by atoms with van der Waals surface area (Å²) in [6.45, 7) is 2.61. The minimum Gasteiger partial charge on any atom is -0.496 e. The van der Waals surface area contributed by atoms with Gasteiger partial charge in [-0.05, 0) is 6.42 Å². The van der Waals surface area contributed by atoms with Crippen LogP contribution in [0.15, 0.2) is 24.8 Å². The molecule has 33 heavy (non-hydrogen) atoms. The predicted octanol–water partition coefficient (Wildman–Crippen LogP) is 3.06. The van der Waals surface area contributed by atoms with Crippen molar-refractivity contribution in [1.29, 1.82) is 0 Å². The summed E-state index contributed by atoms with van der Waals surface area (Å²) in [5.74, 6) is 3.61. The fourth-order valence-corrected chi connectivity index (χ4v) is 4.90. The molecule has 11 heteroatoms. The monoisotopic (exact) mass is 475 g/mol. The number of aromatic nitrogens is 4. The molecule has 3 aromatic rings. The molecule has 178 valence electrons. The molecule has 0 amide bonds. The third-order valence-corrected chi connectivity index (χ3v) is 6.58. The molecule has 2 aromatic heterocycles. The van der Waals surface area contributed by atoms with Gasteiger partial charge in [-0.3, -0.25) is 0 Å². The normalized spacial score (nSPS) is 20.3. The Labute approximate surface area is 196 Å². The number of nitrogens with two attached hydrogens (primary N) is 1. The van der Waals surface area contributed by atoms with Crippen LogP contribution in [0.2, 0.25) is 0 Å². The summed E-state index contributed by atoms with van der Waals surface area (Å²) in [4.78, 5) is 12.8. The fourth-order valence-electron chi connectivity index (χ4n) is 4.07. The van der Waals surface area contributed by atoms with Crippen LogP contribution in [-0.4, -0.2) is 65.6 Å². The van der Waals surface area contributed by atoms with Crippen molar-refractivity contribution in [3.63, 3.8) is 0 Å². The van der Waals surface area contributed by atoms with E-state index in [1.165, 1.54) is 6.33 Å². The highest BCUT2D eigenvalue weighted by Crippen LogP contribution is 2.37. The maximum Gasteiger partial charge on any atom is 0.165 e. The molecule has 1 aliphatic rings. The molecule has 10 nitrogen and oxygen atoms in total. The maximum absolute atomic E-state index is 6.34. The summed E-state index contributed by atoms with van der Waals surface area (Å²) in [6, 6.07) is 3.65. The molecule has 0 unspecified atom stereocenters. The van der Waals surface area contributed by atoms with Crippen LogP contribution in [0.3, 0.4) is 0 Å². The molecular weight excluding hydrogens is 446 g/mol. The van der Waals surface area contributed by atoms with Crippen LogP contribution < -0.4 is 19.9 Å². The van der Waals surface area contributed by atoms with E-state index in [2.05, 4.69) is 21.9 Å². The first kappa shape index (κ1) is 23.4. The van der Waals surface area contributed by atoms with Crippen molar-refractivity contribution in [3.8, 4) is 17.2 Å². The summed E-state index contributed by atoms with van der Waals surface area (Å²) in [6.07, 6.45) is 3.87. The van der Waals surface area contributed by atoms with Crippen LogP contribution in [0.25, 0.3) is 11.2 Å². The lowest BCUT2D eigenvalue weighted by Crippen LogP contribution is -2.31. The zero-order valence-electron chi connectivity index (χ0n) is 19.2. The first-order valence-electron chi connectivity index (χ1n) is 10.6. The molecule has 1 aromatic carbocycles. The third-order valence-electron chi connectivity index (χ3n) is 5.78. The maximum atomic E-state index is 6.34. The number of imidazole rings is 1. The fraction of sp³-hybridized carbons (Fsp3) is 0.500. The lowest BCUT2D eigenvalue weighted by atomic mass is 10.1. The van der Waals surface area contributed by atoms with E-state index in [9.17, 15) is 0 Å². The summed E-state index contributed by atoms with van der Waals surface area (Å²) in [5, 5.41) is 0. The molecule has 1 fully saturated rings. The molecule has 1 aliphatic heterocycles. The Kier molecular flexibility index (Phi) is 7.41. The van der Waals surface area contributed by atoms with Gasteiger partial charge in [0.25, 0.3) is 0 Å². The number of fused-ring (bicyclic) bond motifs is 1. The van der Waals surface area contributed by atoms with Gasteiger partial charge in [0, 0.05) is 23.4 Å². The lowest BCUT2D eigenvalue weighted by molar-refractivity contribution is 0.00228. The van der Waals surface area contributed by atoms with E-state index in [1.54, 1.807) is 39.4 Å². The number of hydrogen-bond donors (Lipinski definition) is 1.